The second-order valence-corrected chi connectivity index (χ2v) is 26.0. The Hall–Kier alpha value is -1.80. The number of rotatable bonds is 63. The SMILES string of the molecule is CCCCCCC/C=C\C/C=C\C/C=C\CCCCCCCCCCCCCCCCCCCCCCCCCCC(=O)NC(COP(=O)(O)OCC[N+](C)(C)C)C(O)/C=C/CC/C=C/CCCCCCCCCCCCCC. The first kappa shape index (κ1) is 77.2. The molecule has 0 rings (SSSR count). The summed E-state index contributed by atoms with van der Waals surface area (Å²) in [5.41, 5.74) is 0. The molecule has 464 valence electrons. The van der Waals surface area contributed by atoms with E-state index < -0.39 is 20.0 Å². The van der Waals surface area contributed by atoms with Gasteiger partial charge in [-0.2, -0.15) is 0 Å². The van der Waals surface area contributed by atoms with Gasteiger partial charge >= 0.3 is 7.82 Å². The van der Waals surface area contributed by atoms with Crippen molar-refractivity contribution in [2.24, 2.45) is 0 Å². The van der Waals surface area contributed by atoms with E-state index in [9.17, 15) is 19.4 Å². The lowest BCUT2D eigenvalue weighted by Crippen LogP contribution is -2.45. The highest BCUT2D eigenvalue weighted by atomic mass is 31.2. The number of carbonyl (C=O) groups excluding carboxylic acids is 1. The molecule has 0 aliphatic carbocycles. The highest BCUT2D eigenvalue weighted by Gasteiger charge is 2.28. The zero-order valence-corrected chi connectivity index (χ0v) is 54.0. The molecule has 3 atom stereocenters. The number of unbranched alkanes of at least 4 members (excludes halogenated alkanes) is 42. The third-order valence-corrected chi connectivity index (χ3v) is 16.4. The minimum Gasteiger partial charge on any atom is -0.387 e. The molecule has 0 aromatic heterocycles. The minimum absolute atomic E-state index is 0.0569. The molecule has 0 heterocycles. The van der Waals surface area contributed by atoms with Crippen molar-refractivity contribution in [1.82, 2.24) is 5.32 Å². The number of likely N-dealkylation sites (N-methyl/N-ethyl adjacent to an activating group) is 1. The van der Waals surface area contributed by atoms with E-state index in [-0.39, 0.29) is 19.1 Å². The Morgan fingerprint density at radius 3 is 1.10 bits per heavy atom. The molecular weight excluding hydrogens is 996 g/mol. The van der Waals surface area contributed by atoms with Crippen molar-refractivity contribution in [3.63, 3.8) is 0 Å². The highest BCUT2D eigenvalue weighted by molar-refractivity contribution is 7.47. The molecule has 8 nitrogen and oxygen atoms in total. The van der Waals surface area contributed by atoms with Crippen LogP contribution < -0.4 is 5.32 Å². The summed E-state index contributed by atoms with van der Waals surface area (Å²) < 4.78 is 23.7. The van der Waals surface area contributed by atoms with Gasteiger partial charge in [0.2, 0.25) is 5.91 Å². The second kappa shape index (κ2) is 60.8. The minimum atomic E-state index is -4.36. The molecule has 0 saturated carbocycles. The van der Waals surface area contributed by atoms with Crippen LogP contribution in [-0.4, -0.2) is 73.4 Å². The maximum Gasteiger partial charge on any atom is 0.472 e. The van der Waals surface area contributed by atoms with Crippen LogP contribution in [0.2, 0.25) is 0 Å². The number of carbonyl (C=O) groups is 1. The largest absolute Gasteiger partial charge is 0.472 e. The van der Waals surface area contributed by atoms with Gasteiger partial charge in [-0.3, -0.25) is 13.8 Å². The fourth-order valence-electron chi connectivity index (χ4n) is 10.1. The van der Waals surface area contributed by atoms with Crippen LogP contribution in [-0.2, 0) is 18.4 Å². The Morgan fingerprint density at radius 2 is 0.734 bits per heavy atom. The van der Waals surface area contributed by atoms with E-state index in [2.05, 4.69) is 67.8 Å². The number of quaternary nitrogens is 1. The maximum absolute atomic E-state index is 13.0. The Balaban J connectivity index is 3.96. The Labute approximate surface area is 492 Å². The first-order valence-electron chi connectivity index (χ1n) is 34.2. The smallest absolute Gasteiger partial charge is 0.387 e. The lowest BCUT2D eigenvalue weighted by Gasteiger charge is -2.25. The molecule has 0 aromatic carbocycles. The van der Waals surface area contributed by atoms with Crippen molar-refractivity contribution in [2.75, 3.05) is 40.9 Å². The van der Waals surface area contributed by atoms with Crippen molar-refractivity contribution >= 4 is 13.7 Å². The predicted octanol–water partition coefficient (Wildman–Crippen LogP) is 21.6. The fraction of sp³-hybridized carbons (Fsp3) is 0.843. The Bertz CT molecular complexity index is 1470. The van der Waals surface area contributed by atoms with E-state index in [4.69, 9.17) is 9.05 Å². The molecule has 3 unspecified atom stereocenters. The molecule has 0 spiro atoms. The lowest BCUT2D eigenvalue weighted by atomic mass is 10.0. The Kier molecular flexibility index (Phi) is 59.4. The topological polar surface area (TPSA) is 105 Å². The zero-order chi connectivity index (χ0) is 57.7. The van der Waals surface area contributed by atoms with Crippen LogP contribution in [0.15, 0.2) is 60.8 Å². The van der Waals surface area contributed by atoms with E-state index in [0.29, 0.717) is 17.4 Å². The third-order valence-electron chi connectivity index (χ3n) is 15.5. The van der Waals surface area contributed by atoms with Crippen LogP contribution in [0.1, 0.15) is 328 Å². The van der Waals surface area contributed by atoms with Gasteiger partial charge in [-0.25, -0.2) is 4.57 Å². The zero-order valence-electron chi connectivity index (χ0n) is 53.1. The second-order valence-electron chi connectivity index (χ2n) is 24.5. The van der Waals surface area contributed by atoms with Gasteiger partial charge < -0.3 is 19.8 Å². The number of hydrogen-bond donors (Lipinski definition) is 3. The number of nitrogens with one attached hydrogen (secondary N) is 1. The quantitative estimate of drug-likeness (QED) is 0.0243. The summed E-state index contributed by atoms with van der Waals surface area (Å²) in [6, 6.07) is -0.864. The first-order valence-corrected chi connectivity index (χ1v) is 35.7. The Morgan fingerprint density at radius 1 is 0.430 bits per heavy atom. The van der Waals surface area contributed by atoms with Crippen molar-refractivity contribution in [3.8, 4) is 0 Å². The molecule has 0 saturated heterocycles. The van der Waals surface area contributed by atoms with E-state index in [1.165, 1.54) is 257 Å². The van der Waals surface area contributed by atoms with Gasteiger partial charge in [-0.1, -0.05) is 312 Å². The molecule has 9 heteroatoms. The highest BCUT2D eigenvalue weighted by Crippen LogP contribution is 2.43. The van der Waals surface area contributed by atoms with Crippen molar-refractivity contribution in [2.45, 2.75) is 341 Å². The molecule has 0 aliphatic heterocycles. The summed E-state index contributed by atoms with van der Waals surface area (Å²) in [4.78, 5) is 23.4. The van der Waals surface area contributed by atoms with Crippen LogP contribution in [0.4, 0.5) is 0 Å². The summed E-state index contributed by atoms with van der Waals surface area (Å²) in [7, 11) is 1.56. The van der Waals surface area contributed by atoms with E-state index in [1.807, 2.05) is 27.2 Å². The van der Waals surface area contributed by atoms with Crippen LogP contribution >= 0.6 is 7.82 Å². The van der Waals surface area contributed by atoms with Crippen LogP contribution in [0, 0.1) is 0 Å². The van der Waals surface area contributed by atoms with Crippen molar-refractivity contribution in [3.05, 3.63) is 60.8 Å². The monoisotopic (exact) mass is 1130 g/mol. The van der Waals surface area contributed by atoms with Gasteiger partial charge in [0.15, 0.2) is 0 Å². The molecule has 1 amide bonds. The average Bonchev–Trinajstić information content (AvgIpc) is 3.42. The third kappa shape index (κ3) is 63.6. The molecule has 0 fully saturated rings. The summed E-state index contributed by atoms with van der Waals surface area (Å²) >= 11 is 0. The summed E-state index contributed by atoms with van der Waals surface area (Å²) in [5.74, 6) is -0.182. The van der Waals surface area contributed by atoms with E-state index >= 15 is 0 Å². The summed E-state index contributed by atoms with van der Waals surface area (Å²) in [6.07, 6.45) is 83.7. The van der Waals surface area contributed by atoms with Gasteiger partial charge in [0.1, 0.15) is 13.2 Å². The van der Waals surface area contributed by atoms with Gasteiger partial charge in [0.25, 0.3) is 0 Å². The number of aliphatic hydroxyl groups is 1. The fourth-order valence-corrected chi connectivity index (χ4v) is 10.9. The normalized spacial score (nSPS) is 14.1. The van der Waals surface area contributed by atoms with Crippen molar-refractivity contribution < 1.29 is 32.9 Å². The maximum atomic E-state index is 13.0. The van der Waals surface area contributed by atoms with Gasteiger partial charge in [-0.05, 0) is 70.6 Å². The van der Waals surface area contributed by atoms with Crippen LogP contribution in [0.5, 0.6) is 0 Å². The number of hydrogen-bond acceptors (Lipinski definition) is 5. The standard InChI is InChI=1S/C70H133N2O6P/c1-6-8-10-12-14-16-18-20-22-24-26-27-28-29-30-31-32-33-34-35-36-37-38-39-40-41-42-43-44-45-46-48-50-52-54-56-58-60-62-64-70(74)71-68(67-78-79(75,76)77-66-65-72(3,4)5)69(73)63-61-59-57-55-53-51-49-47-25-23-21-19-17-15-13-11-9-7-2/h18,20,24,26,28-29,53,55,61,63,68-69,73H,6-17,19,21-23,25,27,30-52,54,56-60,62,64-67H2,1-5H3,(H-,71,74,75,76)/p+1/b20-18-,26-24-,29-28-,55-53+,63-61+. The number of amides is 1. The molecule has 0 aromatic rings. The number of nitrogens with zero attached hydrogens (tertiary/aromatic N) is 1. The van der Waals surface area contributed by atoms with Crippen LogP contribution in [0.25, 0.3) is 0 Å². The van der Waals surface area contributed by atoms with E-state index in [0.717, 1.165) is 51.4 Å². The van der Waals surface area contributed by atoms with E-state index in [1.54, 1.807) is 6.08 Å². The number of allylic oxidation sites excluding steroid dienone is 9. The molecular formula is C70H134N2O6P+. The summed E-state index contributed by atoms with van der Waals surface area (Å²) in [5, 5.41) is 13.9. The molecule has 0 bridgehead atoms. The predicted molar refractivity (Wildman–Crippen MR) is 346 cm³/mol. The molecule has 3 N–H and O–H groups in total. The number of phosphoric ester groups is 1. The van der Waals surface area contributed by atoms with Gasteiger partial charge in [-0.15, -0.1) is 0 Å². The first-order chi connectivity index (χ1) is 38.5. The molecule has 79 heavy (non-hydrogen) atoms. The van der Waals surface area contributed by atoms with Crippen molar-refractivity contribution in [1.29, 1.82) is 0 Å². The lowest BCUT2D eigenvalue weighted by molar-refractivity contribution is -0.870. The number of phosphoric acid groups is 1. The molecule has 0 radical (unpaired) electrons. The average molecular weight is 1130 g/mol. The van der Waals surface area contributed by atoms with Gasteiger partial charge in [0, 0.05) is 6.42 Å². The molecule has 0 aliphatic rings. The summed E-state index contributed by atoms with van der Waals surface area (Å²) in [6.45, 7) is 4.82. The van der Waals surface area contributed by atoms with Gasteiger partial charge in [0.05, 0.1) is 39.9 Å². The van der Waals surface area contributed by atoms with Crippen LogP contribution in [0.3, 0.4) is 0 Å². The number of aliphatic hydroxyl groups excluding tert-OH is 1.